The van der Waals surface area contributed by atoms with E-state index in [0.717, 1.165) is 10.9 Å². The molecule has 2 aromatic rings. The van der Waals surface area contributed by atoms with Gasteiger partial charge in [0.05, 0.1) is 17.2 Å². The number of carbonyl (C=O) groups excluding carboxylic acids is 1. The monoisotopic (exact) mass is 405 g/mol. The van der Waals surface area contributed by atoms with Gasteiger partial charge in [-0.1, -0.05) is 42.6 Å². The average Bonchev–Trinajstić information content (AvgIpc) is 2.59. The van der Waals surface area contributed by atoms with Crippen LogP contribution < -0.4 is 10.9 Å². The fraction of sp³-hybridized carbons (Fsp3) is 0.526. The number of hydrogen-bond donors (Lipinski definition) is 1. The molecule has 1 saturated carbocycles. The summed E-state index contributed by atoms with van der Waals surface area (Å²) in [6.45, 7) is 4.81. The molecule has 134 valence electrons. The fourth-order valence-electron chi connectivity index (χ4n) is 3.58. The summed E-state index contributed by atoms with van der Waals surface area (Å²) in [4.78, 5) is 29.2. The summed E-state index contributed by atoms with van der Waals surface area (Å²) in [7, 11) is 0. The zero-order valence-electron chi connectivity index (χ0n) is 14.7. The van der Waals surface area contributed by atoms with E-state index in [2.05, 4.69) is 40.1 Å². The van der Waals surface area contributed by atoms with Crippen LogP contribution in [-0.4, -0.2) is 21.5 Å². The maximum absolute atomic E-state index is 12.5. The van der Waals surface area contributed by atoms with Crippen LogP contribution >= 0.6 is 15.9 Å². The zero-order chi connectivity index (χ0) is 18.0. The van der Waals surface area contributed by atoms with Crippen molar-refractivity contribution < 1.29 is 4.79 Å². The van der Waals surface area contributed by atoms with E-state index in [4.69, 9.17) is 0 Å². The molecule has 1 fully saturated rings. The van der Waals surface area contributed by atoms with Crippen molar-refractivity contribution in [2.24, 2.45) is 11.8 Å². The van der Waals surface area contributed by atoms with Gasteiger partial charge in [0.2, 0.25) is 5.91 Å². The van der Waals surface area contributed by atoms with Crippen LogP contribution in [0.5, 0.6) is 0 Å². The molecule has 0 saturated heterocycles. The molecule has 1 amide bonds. The van der Waals surface area contributed by atoms with Gasteiger partial charge in [0.1, 0.15) is 0 Å². The van der Waals surface area contributed by atoms with E-state index < -0.39 is 0 Å². The number of aromatic nitrogens is 2. The van der Waals surface area contributed by atoms with Crippen LogP contribution in [0.15, 0.2) is 33.8 Å². The number of halogens is 1. The van der Waals surface area contributed by atoms with Crippen molar-refractivity contribution in [2.75, 3.05) is 0 Å². The number of amides is 1. The fourth-order valence-corrected chi connectivity index (χ4v) is 3.94. The number of carbonyl (C=O) groups is 1. The summed E-state index contributed by atoms with van der Waals surface area (Å²) in [5.41, 5.74) is 0.553. The number of hydrogen-bond acceptors (Lipinski definition) is 3. The first kappa shape index (κ1) is 18.1. The van der Waals surface area contributed by atoms with E-state index in [1.54, 1.807) is 6.07 Å². The second-order valence-corrected chi connectivity index (χ2v) is 8.01. The number of benzene rings is 1. The number of nitrogens with zero attached hydrogens (tertiary/aromatic N) is 2. The van der Waals surface area contributed by atoms with Crippen molar-refractivity contribution in [3.05, 3.63) is 39.4 Å². The van der Waals surface area contributed by atoms with Gasteiger partial charge in [0.15, 0.2) is 0 Å². The molecule has 1 aromatic carbocycles. The highest BCUT2D eigenvalue weighted by Gasteiger charge is 2.27. The van der Waals surface area contributed by atoms with Crippen LogP contribution in [-0.2, 0) is 11.3 Å². The lowest BCUT2D eigenvalue weighted by molar-refractivity contribution is -0.122. The van der Waals surface area contributed by atoms with Crippen LogP contribution in [0.4, 0.5) is 0 Å². The van der Waals surface area contributed by atoms with Crippen LogP contribution in [0.25, 0.3) is 10.9 Å². The van der Waals surface area contributed by atoms with Gasteiger partial charge in [0.25, 0.3) is 5.56 Å². The minimum Gasteiger partial charge on any atom is -0.353 e. The average molecular weight is 406 g/mol. The molecule has 5 nitrogen and oxygen atoms in total. The third kappa shape index (κ3) is 4.11. The Labute approximate surface area is 156 Å². The molecule has 0 bridgehead atoms. The molecular formula is C19H24BrN3O2. The molecule has 1 N–H and O–H groups in total. The maximum atomic E-state index is 12.5. The van der Waals surface area contributed by atoms with Gasteiger partial charge in [-0.25, -0.2) is 4.98 Å². The van der Waals surface area contributed by atoms with E-state index >= 15 is 0 Å². The Kier molecular flexibility index (Phi) is 5.57. The standard InChI is InChI=1S/C19H24BrN3O2/c1-12-4-3-5-16(13(12)2)22-18(24)8-9-23-11-21-17-7-6-14(20)10-15(17)19(23)25/h6-7,10-13,16H,3-5,8-9H2,1-2H3,(H,22,24). The van der Waals surface area contributed by atoms with E-state index in [0.29, 0.717) is 35.7 Å². The van der Waals surface area contributed by atoms with Gasteiger partial charge in [-0.15, -0.1) is 0 Å². The number of aryl methyl sites for hydroxylation is 1. The highest BCUT2D eigenvalue weighted by atomic mass is 79.9. The molecule has 1 heterocycles. The lowest BCUT2D eigenvalue weighted by atomic mass is 9.78. The van der Waals surface area contributed by atoms with E-state index in [1.165, 1.54) is 23.7 Å². The van der Waals surface area contributed by atoms with Gasteiger partial charge in [-0.2, -0.15) is 0 Å². The minimum atomic E-state index is -0.112. The minimum absolute atomic E-state index is 0.00666. The third-order valence-electron chi connectivity index (χ3n) is 5.42. The predicted molar refractivity (Wildman–Crippen MR) is 102 cm³/mol. The molecule has 1 aliphatic rings. The Hall–Kier alpha value is -1.69. The van der Waals surface area contributed by atoms with Crippen LogP contribution in [0, 0.1) is 11.8 Å². The van der Waals surface area contributed by atoms with E-state index in [1.807, 2.05) is 12.1 Å². The zero-order valence-corrected chi connectivity index (χ0v) is 16.3. The molecule has 0 aliphatic heterocycles. The first-order valence-corrected chi connectivity index (χ1v) is 9.69. The highest BCUT2D eigenvalue weighted by Crippen LogP contribution is 2.29. The van der Waals surface area contributed by atoms with Gasteiger partial charge in [-0.3, -0.25) is 14.2 Å². The van der Waals surface area contributed by atoms with Crippen molar-refractivity contribution in [3.8, 4) is 0 Å². The molecule has 1 aromatic heterocycles. The van der Waals surface area contributed by atoms with Crippen LogP contribution in [0.3, 0.4) is 0 Å². The summed E-state index contributed by atoms with van der Waals surface area (Å²) in [5.74, 6) is 1.15. The quantitative estimate of drug-likeness (QED) is 0.846. The van der Waals surface area contributed by atoms with E-state index in [-0.39, 0.29) is 17.5 Å². The molecule has 0 spiro atoms. The summed E-state index contributed by atoms with van der Waals surface area (Å²) in [6, 6.07) is 5.69. The maximum Gasteiger partial charge on any atom is 0.261 e. The summed E-state index contributed by atoms with van der Waals surface area (Å²) >= 11 is 3.38. The molecule has 0 radical (unpaired) electrons. The van der Waals surface area contributed by atoms with Crippen LogP contribution in [0.1, 0.15) is 39.5 Å². The van der Waals surface area contributed by atoms with Crippen molar-refractivity contribution in [1.29, 1.82) is 0 Å². The molecule has 3 unspecified atom stereocenters. The Morgan fingerprint density at radius 2 is 2.16 bits per heavy atom. The number of rotatable bonds is 4. The number of nitrogens with one attached hydrogen (secondary N) is 1. The topological polar surface area (TPSA) is 64.0 Å². The van der Waals surface area contributed by atoms with Crippen LogP contribution in [0.2, 0.25) is 0 Å². The largest absolute Gasteiger partial charge is 0.353 e. The van der Waals surface area contributed by atoms with Crippen molar-refractivity contribution >= 4 is 32.7 Å². The Morgan fingerprint density at radius 3 is 2.96 bits per heavy atom. The summed E-state index contributed by atoms with van der Waals surface area (Å²) < 4.78 is 2.36. The SMILES string of the molecule is CC1CCCC(NC(=O)CCn2cnc3ccc(Br)cc3c2=O)C1C. The number of fused-ring (bicyclic) bond motifs is 1. The van der Waals surface area contributed by atoms with Crippen molar-refractivity contribution in [1.82, 2.24) is 14.9 Å². The smallest absolute Gasteiger partial charge is 0.261 e. The second-order valence-electron chi connectivity index (χ2n) is 7.10. The first-order valence-electron chi connectivity index (χ1n) is 8.90. The molecule has 3 rings (SSSR count). The summed E-state index contributed by atoms with van der Waals surface area (Å²) in [5, 5.41) is 3.71. The normalized spacial score (nSPS) is 23.6. The summed E-state index contributed by atoms with van der Waals surface area (Å²) in [6.07, 6.45) is 5.26. The van der Waals surface area contributed by atoms with Gasteiger partial charge in [0, 0.05) is 23.5 Å². The Balaban J connectivity index is 1.65. The van der Waals surface area contributed by atoms with Crippen molar-refractivity contribution in [2.45, 2.75) is 52.1 Å². The van der Waals surface area contributed by atoms with Gasteiger partial charge in [-0.05, 0) is 36.5 Å². The molecule has 3 atom stereocenters. The molecular weight excluding hydrogens is 382 g/mol. The molecule has 6 heteroatoms. The first-order chi connectivity index (χ1) is 12.0. The van der Waals surface area contributed by atoms with Crippen molar-refractivity contribution in [3.63, 3.8) is 0 Å². The Bertz CT molecular complexity index is 833. The molecule has 1 aliphatic carbocycles. The molecule has 25 heavy (non-hydrogen) atoms. The lowest BCUT2D eigenvalue weighted by Crippen LogP contribution is -2.44. The third-order valence-corrected chi connectivity index (χ3v) is 5.91. The van der Waals surface area contributed by atoms with Gasteiger partial charge < -0.3 is 5.32 Å². The highest BCUT2D eigenvalue weighted by molar-refractivity contribution is 9.10. The lowest BCUT2D eigenvalue weighted by Gasteiger charge is -2.34. The van der Waals surface area contributed by atoms with Gasteiger partial charge >= 0.3 is 0 Å². The van der Waals surface area contributed by atoms with E-state index in [9.17, 15) is 9.59 Å². The second kappa shape index (κ2) is 7.68. The Morgan fingerprint density at radius 1 is 1.36 bits per heavy atom. The predicted octanol–water partition coefficient (Wildman–Crippen LogP) is 3.49.